The Morgan fingerprint density at radius 3 is 2.83 bits per heavy atom. The van der Waals surface area contributed by atoms with Crippen LogP contribution in [0.25, 0.3) is 0 Å². The van der Waals surface area contributed by atoms with Crippen LogP contribution in [0.3, 0.4) is 0 Å². The second-order valence-corrected chi connectivity index (χ2v) is 8.28. The van der Waals surface area contributed by atoms with Crippen LogP contribution in [-0.2, 0) is 25.7 Å². The molecule has 2 fully saturated rings. The zero-order chi connectivity index (χ0) is 21.9. The monoisotopic (exact) mass is 440 g/mol. The Balaban J connectivity index is 1.62. The zero-order valence-corrected chi connectivity index (χ0v) is 17.6. The maximum absolute atomic E-state index is 13.4. The molecule has 0 bridgehead atoms. The summed E-state index contributed by atoms with van der Waals surface area (Å²) in [6.07, 6.45) is 2.61. The molecule has 0 aromatic heterocycles. The molecule has 1 aromatic rings. The first kappa shape index (κ1) is 22.5. The topological polar surface area (TPSA) is 95.9 Å². The number of nitrogens with zero attached hydrogens (tertiary/aromatic N) is 1. The van der Waals surface area contributed by atoms with Gasteiger partial charge in [-0.25, -0.2) is 4.39 Å². The quantitative estimate of drug-likeness (QED) is 0.522. The summed E-state index contributed by atoms with van der Waals surface area (Å²) in [4.78, 5) is 39.1. The fraction of sp³-hybridized carbons (Fsp3) is 0.571. The average molecular weight is 441 g/mol. The van der Waals surface area contributed by atoms with Gasteiger partial charge in [0.2, 0.25) is 5.60 Å². The molecule has 2 amide bonds. The van der Waals surface area contributed by atoms with Gasteiger partial charge in [0.05, 0.1) is 12.5 Å². The van der Waals surface area contributed by atoms with Crippen molar-refractivity contribution in [3.05, 3.63) is 34.6 Å². The predicted molar refractivity (Wildman–Crippen MR) is 107 cm³/mol. The third-order valence-corrected chi connectivity index (χ3v) is 6.01. The molecule has 1 aliphatic carbocycles. The molecule has 3 rings (SSSR count). The van der Waals surface area contributed by atoms with E-state index in [2.05, 4.69) is 5.32 Å². The number of esters is 1. The van der Waals surface area contributed by atoms with Crippen molar-refractivity contribution >= 4 is 29.4 Å². The molecule has 0 radical (unpaired) electrons. The van der Waals surface area contributed by atoms with Crippen LogP contribution in [0.1, 0.15) is 44.6 Å². The van der Waals surface area contributed by atoms with E-state index in [1.807, 2.05) is 0 Å². The maximum Gasteiger partial charge on any atom is 0.308 e. The lowest BCUT2D eigenvalue weighted by Gasteiger charge is -2.35. The molecule has 0 spiro atoms. The number of amides is 2. The van der Waals surface area contributed by atoms with Gasteiger partial charge in [-0.3, -0.25) is 14.4 Å². The second kappa shape index (κ2) is 9.31. The normalized spacial score (nSPS) is 26.5. The van der Waals surface area contributed by atoms with Crippen LogP contribution in [0.4, 0.5) is 4.39 Å². The molecule has 164 valence electrons. The highest BCUT2D eigenvalue weighted by molar-refractivity contribution is 6.30. The Morgan fingerprint density at radius 1 is 1.37 bits per heavy atom. The molecule has 1 aliphatic heterocycles. The van der Waals surface area contributed by atoms with E-state index in [1.165, 1.54) is 17.0 Å². The van der Waals surface area contributed by atoms with Crippen LogP contribution in [0, 0.1) is 11.7 Å². The number of rotatable bonds is 6. The standard InChI is InChI=1S/C21H26ClFN2O5/c1-2-30-18(26)14-4-3-5-17(10-14)25-7-6-21(29,20(25)28)19(27)24-12-13-8-15(22)11-16(23)9-13/h8-9,11,14,17,29H,2-7,10,12H2,1H3,(H,24,27). The predicted octanol–water partition coefficient (Wildman–Crippen LogP) is 2.18. The van der Waals surface area contributed by atoms with Crippen molar-refractivity contribution in [1.82, 2.24) is 10.2 Å². The van der Waals surface area contributed by atoms with Gasteiger partial charge in [0.25, 0.3) is 11.8 Å². The Morgan fingerprint density at radius 2 is 2.13 bits per heavy atom. The summed E-state index contributed by atoms with van der Waals surface area (Å²) < 4.78 is 18.5. The first-order valence-corrected chi connectivity index (χ1v) is 10.6. The third kappa shape index (κ3) is 4.75. The number of benzene rings is 1. The molecule has 3 unspecified atom stereocenters. The molecule has 1 heterocycles. The van der Waals surface area contributed by atoms with Gasteiger partial charge in [-0.2, -0.15) is 0 Å². The largest absolute Gasteiger partial charge is 0.466 e. The molecule has 1 saturated heterocycles. The Labute approximate surface area is 179 Å². The van der Waals surface area contributed by atoms with E-state index in [4.69, 9.17) is 16.3 Å². The zero-order valence-electron chi connectivity index (χ0n) is 16.8. The SMILES string of the molecule is CCOC(=O)C1CCCC(N2CCC(O)(C(=O)NCc3cc(F)cc(Cl)c3)C2=O)C1. The van der Waals surface area contributed by atoms with Crippen molar-refractivity contribution in [1.29, 1.82) is 0 Å². The van der Waals surface area contributed by atoms with Crippen LogP contribution in [-0.4, -0.2) is 52.6 Å². The number of likely N-dealkylation sites (tertiary alicyclic amines) is 1. The van der Waals surface area contributed by atoms with Crippen LogP contribution in [0.5, 0.6) is 0 Å². The summed E-state index contributed by atoms with van der Waals surface area (Å²) in [5.74, 6) is -2.57. The third-order valence-electron chi connectivity index (χ3n) is 5.79. The molecule has 2 aliphatic rings. The number of carbonyl (C=O) groups is 3. The van der Waals surface area contributed by atoms with Crippen molar-refractivity contribution in [3.8, 4) is 0 Å². The van der Waals surface area contributed by atoms with Crippen molar-refractivity contribution in [2.24, 2.45) is 5.92 Å². The van der Waals surface area contributed by atoms with Gasteiger partial charge < -0.3 is 20.1 Å². The highest BCUT2D eigenvalue weighted by atomic mass is 35.5. The molecule has 9 heteroatoms. The van der Waals surface area contributed by atoms with E-state index in [-0.39, 0.29) is 42.5 Å². The smallest absolute Gasteiger partial charge is 0.308 e. The fourth-order valence-corrected chi connectivity index (χ4v) is 4.49. The second-order valence-electron chi connectivity index (χ2n) is 7.84. The van der Waals surface area contributed by atoms with Crippen molar-refractivity contribution in [3.63, 3.8) is 0 Å². The van der Waals surface area contributed by atoms with Gasteiger partial charge in [-0.1, -0.05) is 18.0 Å². The van der Waals surface area contributed by atoms with Gasteiger partial charge >= 0.3 is 5.97 Å². The van der Waals surface area contributed by atoms with Crippen LogP contribution < -0.4 is 5.32 Å². The summed E-state index contributed by atoms with van der Waals surface area (Å²) in [5, 5.41) is 13.5. The van der Waals surface area contributed by atoms with Gasteiger partial charge in [-0.05, 0) is 49.9 Å². The van der Waals surface area contributed by atoms with E-state index >= 15 is 0 Å². The van der Waals surface area contributed by atoms with Crippen LogP contribution in [0.2, 0.25) is 5.02 Å². The van der Waals surface area contributed by atoms with Crippen LogP contribution >= 0.6 is 11.6 Å². The number of ether oxygens (including phenoxy) is 1. The molecule has 7 nitrogen and oxygen atoms in total. The lowest BCUT2D eigenvalue weighted by atomic mass is 9.85. The van der Waals surface area contributed by atoms with E-state index < -0.39 is 23.2 Å². The molecular formula is C21H26ClFN2O5. The molecular weight excluding hydrogens is 415 g/mol. The number of nitrogens with one attached hydrogen (secondary N) is 1. The lowest BCUT2D eigenvalue weighted by Crippen LogP contribution is -2.54. The summed E-state index contributed by atoms with van der Waals surface area (Å²) in [5.41, 5.74) is -1.75. The van der Waals surface area contributed by atoms with Gasteiger partial charge in [-0.15, -0.1) is 0 Å². The minimum absolute atomic E-state index is 0.0395. The number of halogens is 2. The summed E-state index contributed by atoms with van der Waals surface area (Å²) in [6, 6.07) is 3.64. The van der Waals surface area contributed by atoms with Gasteiger partial charge in [0, 0.05) is 30.6 Å². The van der Waals surface area contributed by atoms with E-state index in [9.17, 15) is 23.9 Å². The van der Waals surface area contributed by atoms with Crippen LogP contribution in [0.15, 0.2) is 18.2 Å². The molecule has 1 aromatic carbocycles. The van der Waals surface area contributed by atoms with Gasteiger partial charge in [0.1, 0.15) is 5.82 Å². The highest BCUT2D eigenvalue weighted by Gasteiger charge is 2.53. The number of aliphatic hydroxyl groups is 1. The molecule has 1 saturated carbocycles. The number of carbonyl (C=O) groups excluding carboxylic acids is 3. The van der Waals surface area contributed by atoms with Crippen molar-refractivity contribution in [2.45, 2.75) is 57.2 Å². The summed E-state index contributed by atoms with van der Waals surface area (Å²) in [7, 11) is 0. The summed E-state index contributed by atoms with van der Waals surface area (Å²) >= 11 is 5.81. The van der Waals surface area contributed by atoms with E-state index in [0.29, 0.717) is 31.4 Å². The minimum atomic E-state index is -2.17. The molecule has 3 atom stereocenters. The lowest BCUT2D eigenvalue weighted by molar-refractivity contribution is -0.157. The van der Waals surface area contributed by atoms with Gasteiger partial charge in [0.15, 0.2) is 0 Å². The number of hydrogen-bond donors (Lipinski definition) is 2. The average Bonchev–Trinajstić information content (AvgIpc) is 3.01. The first-order chi connectivity index (χ1) is 14.2. The highest BCUT2D eigenvalue weighted by Crippen LogP contribution is 2.34. The number of hydrogen-bond acceptors (Lipinski definition) is 5. The molecule has 2 N–H and O–H groups in total. The minimum Gasteiger partial charge on any atom is -0.466 e. The fourth-order valence-electron chi connectivity index (χ4n) is 4.25. The van der Waals surface area contributed by atoms with E-state index in [0.717, 1.165) is 12.5 Å². The Bertz CT molecular complexity index is 815. The van der Waals surface area contributed by atoms with Crippen molar-refractivity contribution in [2.75, 3.05) is 13.2 Å². The summed E-state index contributed by atoms with van der Waals surface area (Å²) in [6.45, 7) is 2.22. The molecule has 30 heavy (non-hydrogen) atoms. The Hall–Kier alpha value is -2.19. The van der Waals surface area contributed by atoms with E-state index in [1.54, 1.807) is 6.92 Å². The maximum atomic E-state index is 13.4. The first-order valence-electron chi connectivity index (χ1n) is 10.2. The van der Waals surface area contributed by atoms with Crippen molar-refractivity contribution < 1.29 is 28.6 Å². The Kier molecular flexibility index (Phi) is 6.98.